The van der Waals surface area contributed by atoms with Gasteiger partial charge in [-0.2, -0.15) is 4.31 Å². The van der Waals surface area contributed by atoms with Gasteiger partial charge < -0.3 is 10.0 Å². The molecule has 2 rings (SSSR count). The zero-order chi connectivity index (χ0) is 17.9. The number of thiophene rings is 1. The molecule has 0 aromatic carbocycles. The molecule has 134 valence electrons. The summed E-state index contributed by atoms with van der Waals surface area (Å²) in [4.78, 5) is 24.8. The van der Waals surface area contributed by atoms with Crippen LogP contribution in [0.15, 0.2) is 15.7 Å². The Kier molecular flexibility index (Phi) is 6.00. The summed E-state index contributed by atoms with van der Waals surface area (Å²) in [6.45, 7) is 5.26. The van der Waals surface area contributed by atoms with Crippen LogP contribution in [0.25, 0.3) is 0 Å². The first-order chi connectivity index (χ1) is 11.3. The molecule has 2 heterocycles. The number of sulfonamides is 1. The lowest BCUT2D eigenvalue weighted by molar-refractivity contribution is -0.133. The van der Waals surface area contributed by atoms with E-state index in [1.165, 1.54) is 15.8 Å². The Labute approximate surface area is 145 Å². The van der Waals surface area contributed by atoms with Crippen molar-refractivity contribution < 1.29 is 23.1 Å². The summed E-state index contributed by atoms with van der Waals surface area (Å²) < 4.78 is 26.5. The highest BCUT2D eigenvalue weighted by Gasteiger charge is 2.31. The van der Waals surface area contributed by atoms with Crippen LogP contribution >= 0.6 is 11.3 Å². The summed E-state index contributed by atoms with van der Waals surface area (Å²) in [5.74, 6) is -0.765. The molecule has 1 aromatic rings. The van der Waals surface area contributed by atoms with Crippen molar-refractivity contribution in [3.63, 3.8) is 0 Å². The van der Waals surface area contributed by atoms with Crippen molar-refractivity contribution >= 4 is 33.2 Å². The molecule has 0 saturated carbocycles. The summed E-state index contributed by atoms with van der Waals surface area (Å²) >= 11 is 0.906. The normalized spacial score (nSPS) is 17.7. The summed E-state index contributed by atoms with van der Waals surface area (Å²) in [6, 6.07) is 1.18. The van der Waals surface area contributed by atoms with E-state index in [0.717, 1.165) is 17.8 Å². The molecule has 1 atom stereocenters. The number of nitrogens with zero attached hydrogens (tertiary/aromatic N) is 2. The highest BCUT2D eigenvalue weighted by atomic mass is 32.2. The highest BCUT2D eigenvalue weighted by molar-refractivity contribution is 7.91. The van der Waals surface area contributed by atoms with E-state index in [1.807, 2.05) is 13.8 Å². The first-order valence-corrected chi connectivity index (χ1v) is 10.2. The van der Waals surface area contributed by atoms with Gasteiger partial charge in [0, 0.05) is 38.0 Å². The number of carbonyl (C=O) groups excluding carboxylic acids is 1. The average molecular weight is 374 g/mol. The van der Waals surface area contributed by atoms with E-state index in [-0.39, 0.29) is 28.8 Å². The molecule has 7 nitrogen and oxygen atoms in total. The molecule has 1 aliphatic rings. The summed E-state index contributed by atoms with van der Waals surface area (Å²) in [7, 11) is -3.70. The smallest absolute Gasteiger partial charge is 0.336 e. The molecule has 0 radical (unpaired) electrons. The first-order valence-electron chi connectivity index (χ1n) is 7.85. The Hall–Kier alpha value is -1.45. The van der Waals surface area contributed by atoms with Crippen molar-refractivity contribution in [1.82, 2.24) is 9.21 Å². The Morgan fingerprint density at radius 2 is 1.92 bits per heavy atom. The van der Waals surface area contributed by atoms with E-state index in [0.29, 0.717) is 25.4 Å². The van der Waals surface area contributed by atoms with E-state index in [9.17, 15) is 18.0 Å². The number of carbonyl (C=O) groups is 2. The predicted octanol–water partition coefficient (Wildman–Crippen LogP) is 1.72. The molecule has 1 aromatic heterocycles. The molecule has 0 bridgehead atoms. The number of hydrogen-bond acceptors (Lipinski definition) is 5. The lowest BCUT2D eigenvalue weighted by atomic mass is 10.0. The molecular weight excluding hydrogens is 352 g/mol. The highest BCUT2D eigenvalue weighted by Crippen LogP contribution is 2.25. The molecule has 1 amide bonds. The van der Waals surface area contributed by atoms with Crippen LogP contribution in [0, 0.1) is 5.92 Å². The maximum atomic E-state index is 12.6. The number of hydrogen-bond donors (Lipinski definition) is 1. The summed E-state index contributed by atoms with van der Waals surface area (Å²) in [6.07, 6.45) is 1.42. The predicted molar refractivity (Wildman–Crippen MR) is 90.7 cm³/mol. The third kappa shape index (κ3) is 4.14. The third-order valence-corrected chi connectivity index (χ3v) is 7.54. The standard InChI is InChI=1S/C15H22N2O5S2/c1-3-11(2)8-13(18)16-4-6-17(7-5-16)24(21,22)14-9-12(10-23-14)15(19)20/h9-11H,3-8H2,1-2H3,(H,19,20). The van der Waals surface area contributed by atoms with Gasteiger partial charge >= 0.3 is 5.97 Å². The third-order valence-electron chi connectivity index (χ3n) is 4.23. The van der Waals surface area contributed by atoms with Gasteiger partial charge in [-0.15, -0.1) is 11.3 Å². The van der Waals surface area contributed by atoms with Crippen molar-refractivity contribution in [3.8, 4) is 0 Å². The summed E-state index contributed by atoms with van der Waals surface area (Å²) in [5.41, 5.74) is -0.0269. The second-order valence-corrected chi connectivity index (χ2v) is 9.04. The van der Waals surface area contributed by atoms with Crippen molar-refractivity contribution in [2.24, 2.45) is 5.92 Å². The first kappa shape index (κ1) is 18.9. The molecule has 1 N–H and O–H groups in total. The Morgan fingerprint density at radius 3 is 2.42 bits per heavy atom. The minimum atomic E-state index is -3.70. The van der Waals surface area contributed by atoms with Gasteiger partial charge in [0.2, 0.25) is 5.91 Å². The van der Waals surface area contributed by atoms with E-state index in [2.05, 4.69) is 0 Å². The van der Waals surface area contributed by atoms with Gasteiger partial charge in [-0.25, -0.2) is 13.2 Å². The number of carboxylic acid groups (broad SMARTS) is 1. The molecule has 0 aliphatic carbocycles. The lowest BCUT2D eigenvalue weighted by Crippen LogP contribution is -2.50. The van der Waals surface area contributed by atoms with Crippen molar-refractivity contribution in [2.45, 2.75) is 30.9 Å². The number of carboxylic acids is 1. The van der Waals surface area contributed by atoms with Gasteiger partial charge in [-0.3, -0.25) is 4.79 Å². The van der Waals surface area contributed by atoms with Crippen LogP contribution in [-0.4, -0.2) is 60.8 Å². The average Bonchev–Trinajstić information content (AvgIpc) is 3.06. The van der Waals surface area contributed by atoms with Gasteiger partial charge in [-0.05, 0) is 12.0 Å². The molecule has 1 fully saturated rings. The van der Waals surface area contributed by atoms with Gasteiger partial charge in [0.25, 0.3) is 10.0 Å². The van der Waals surface area contributed by atoms with Crippen molar-refractivity contribution in [3.05, 3.63) is 17.0 Å². The minimum absolute atomic E-state index is 0.0269. The number of piperazine rings is 1. The fourth-order valence-electron chi connectivity index (χ4n) is 2.44. The summed E-state index contributed by atoms with van der Waals surface area (Å²) in [5, 5.41) is 10.2. The van der Waals surface area contributed by atoms with E-state index in [4.69, 9.17) is 5.11 Å². The second kappa shape index (κ2) is 7.62. The molecule has 1 saturated heterocycles. The van der Waals surface area contributed by atoms with Crippen molar-refractivity contribution in [2.75, 3.05) is 26.2 Å². The maximum absolute atomic E-state index is 12.6. The number of aromatic carboxylic acids is 1. The Balaban J connectivity index is 2.00. The quantitative estimate of drug-likeness (QED) is 0.818. The fraction of sp³-hybridized carbons (Fsp3) is 0.600. The molecule has 9 heteroatoms. The maximum Gasteiger partial charge on any atom is 0.336 e. The second-order valence-electron chi connectivity index (χ2n) is 5.96. The number of rotatable bonds is 6. The molecular formula is C15H22N2O5S2. The van der Waals surface area contributed by atoms with Crippen LogP contribution in [0.3, 0.4) is 0 Å². The Bertz CT molecular complexity index is 705. The Morgan fingerprint density at radius 1 is 1.29 bits per heavy atom. The zero-order valence-corrected chi connectivity index (χ0v) is 15.4. The SMILES string of the molecule is CCC(C)CC(=O)N1CCN(S(=O)(=O)c2cc(C(=O)O)cs2)CC1. The largest absolute Gasteiger partial charge is 0.478 e. The van der Waals surface area contributed by atoms with Gasteiger partial charge in [0.1, 0.15) is 4.21 Å². The van der Waals surface area contributed by atoms with Crippen molar-refractivity contribution in [1.29, 1.82) is 0 Å². The zero-order valence-electron chi connectivity index (χ0n) is 13.8. The van der Waals surface area contributed by atoms with Crippen LogP contribution in [0.5, 0.6) is 0 Å². The molecule has 1 unspecified atom stereocenters. The number of amides is 1. The van der Waals surface area contributed by atoms with Crippen LogP contribution < -0.4 is 0 Å². The van der Waals surface area contributed by atoms with E-state index in [1.54, 1.807) is 4.90 Å². The van der Waals surface area contributed by atoms with Crippen LogP contribution in [0.4, 0.5) is 0 Å². The minimum Gasteiger partial charge on any atom is -0.478 e. The molecule has 1 aliphatic heterocycles. The lowest BCUT2D eigenvalue weighted by Gasteiger charge is -2.34. The molecule has 0 spiro atoms. The van der Waals surface area contributed by atoms with E-state index >= 15 is 0 Å². The fourth-order valence-corrected chi connectivity index (χ4v) is 5.17. The van der Waals surface area contributed by atoms with Gasteiger partial charge in [-0.1, -0.05) is 20.3 Å². The molecule has 24 heavy (non-hydrogen) atoms. The van der Waals surface area contributed by atoms with Crippen LogP contribution in [-0.2, 0) is 14.8 Å². The van der Waals surface area contributed by atoms with E-state index < -0.39 is 16.0 Å². The monoisotopic (exact) mass is 374 g/mol. The van der Waals surface area contributed by atoms with Crippen LogP contribution in [0.1, 0.15) is 37.0 Å². The van der Waals surface area contributed by atoms with Gasteiger partial charge in [0.15, 0.2) is 0 Å². The topological polar surface area (TPSA) is 95.0 Å². The van der Waals surface area contributed by atoms with Gasteiger partial charge in [0.05, 0.1) is 5.56 Å². The van der Waals surface area contributed by atoms with Crippen LogP contribution in [0.2, 0.25) is 0 Å².